The Kier molecular flexibility index (Phi) is 7.84. The zero-order valence-electron chi connectivity index (χ0n) is 22.8. The Hall–Kier alpha value is -3.84. The van der Waals surface area contributed by atoms with E-state index in [4.69, 9.17) is 15.6 Å². The van der Waals surface area contributed by atoms with Crippen molar-refractivity contribution in [1.82, 2.24) is 19.7 Å². The lowest BCUT2D eigenvalue weighted by Crippen LogP contribution is -2.29. The lowest BCUT2D eigenvalue weighted by Gasteiger charge is -2.29. The third-order valence-electron chi connectivity index (χ3n) is 7.46. The predicted octanol–water partition coefficient (Wildman–Crippen LogP) is 5.27. The quantitative estimate of drug-likeness (QED) is 0.288. The second kappa shape index (κ2) is 11.2. The number of halogens is 3. The van der Waals surface area contributed by atoms with Crippen molar-refractivity contribution in [3.63, 3.8) is 0 Å². The van der Waals surface area contributed by atoms with Gasteiger partial charge in [0.2, 0.25) is 0 Å². The average molecular weight is 589 g/mol. The van der Waals surface area contributed by atoms with Gasteiger partial charge in [-0.1, -0.05) is 18.2 Å². The predicted molar refractivity (Wildman–Crippen MR) is 152 cm³/mol. The van der Waals surface area contributed by atoms with Crippen molar-refractivity contribution in [2.24, 2.45) is 7.05 Å². The molecule has 3 N–H and O–H groups in total. The summed E-state index contributed by atoms with van der Waals surface area (Å²) in [7, 11) is -1.07. The second-order valence-electron chi connectivity index (χ2n) is 10.3. The summed E-state index contributed by atoms with van der Waals surface area (Å²) in [6.07, 6.45) is 3.07. The summed E-state index contributed by atoms with van der Waals surface area (Å²) < 4.78 is 73.7. The van der Waals surface area contributed by atoms with Crippen LogP contribution in [0.1, 0.15) is 42.9 Å². The van der Waals surface area contributed by atoms with E-state index in [1.54, 1.807) is 23.9 Å². The third kappa shape index (κ3) is 5.82. The first-order chi connectivity index (χ1) is 19.4. The third-order valence-corrected chi connectivity index (χ3v) is 8.44. The maximum Gasteiger partial charge on any atom is 0.355 e. The lowest BCUT2D eigenvalue weighted by molar-refractivity contribution is 0.228. The van der Waals surface area contributed by atoms with Crippen LogP contribution in [0.15, 0.2) is 48.7 Å². The van der Waals surface area contributed by atoms with E-state index in [-0.39, 0.29) is 23.2 Å². The van der Waals surface area contributed by atoms with Crippen molar-refractivity contribution in [2.45, 2.75) is 37.5 Å². The highest BCUT2D eigenvalue weighted by Gasteiger charge is 2.28. The largest absolute Gasteiger partial charge is 0.484 e. The van der Waals surface area contributed by atoms with Gasteiger partial charge in [0.15, 0.2) is 0 Å². The van der Waals surface area contributed by atoms with Gasteiger partial charge in [0.1, 0.15) is 29.2 Å². The van der Waals surface area contributed by atoms with Crippen LogP contribution < -0.4 is 15.2 Å². The Morgan fingerprint density at radius 3 is 2.44 bits per heavy atom. The number of likely N-dealkylation sites (tertiary alicyclic amines) is 1. The first kappa shape index (κ1) is 28.7. The molecule has 5 rings (SSSR count). The van der Waals surface area contributed by atoms with Gasteiger partial charge in [-0.25, -0.2) is 17.8 Å². The number of nitrogens with one attached hydrogen (secondary N) is 1. The van der Waals surface area contributed by atoms with E-state index in [1.165, 1.54) is 36.4 Å². The van der Waals surface area contributed by atoms with E-state index >= 15 is 0 Å². The van der Waals surface area contributed by atoms with Crippen molar-refractivity contribution in [3.8, 4) is 17.0 Å². The zero-order valence-corrected chi connectivity index (χ0v) is 23.6. The number of hydrogen-bond donors (Lipinski definition) is 2. The molecule has 1 aliphatic heterocycles. The van der Waals surface area contributed by atoms with Crippen molar-refractivity contribution in [1.29, 1.82) is 0 Å². The highest BCUT2D eigenvalue weighted by molar-refractivity contribution is 7.93. The summed E-state index contributed by atoms with van der Waals surface area (Å²) in [4.78, 5) is 6.76. The van der Waals surface area contributed by atoms with Crippen LogP contribution in [0.25, 0.3) is 22.2 Å². The Morgan fingerprint density at radius 2 is 1.78 bits per heavy atom. The van der Waals surface area contributed by atoms with Gasteiger partial charge >= 0.3 is 5.76 Å². The fourth-order valence-electron chi connectivity index (χ4n) is 5.22. The molecule has 0 aliphatic carbocycles. The van der Waals surface area contributed by atoms with Gasteiger partial charge in [-0.2, -0.15) is 13.9 Å². The molecule has 1 saturated heterocycles. The van der Waals surface area contributed by atoms with Gasteiger partial charge in [-0.05, 0) is 81.2 Å². The normalized spacial score (nSPS) is 15.9. The van der Waals surface area contributed by atoms with Crippen molar-refractivity contribution in [2.75, 3.05) is 30.6 Å². The number of ether oxygens (including phenoxy) is 1. The van der Waals surface area contributed by atoms with Gasteiger partial charge in [-0.3, -0.25) is 9.40 Å². The second-order valence-corrected chi connectivity index (χ2v) is 12.0. The fourth-order valence-corrected chi connectivity index (χ4v) is 5.79. The highest BCUT2D eigenvalue weighted by atomic mass is 32.2. The molecule has 218 valence electrons. The van der Waals surface area contributed by atoms with E-state index in [0.717, 1.165) is 37.0 Å². The van der Waals surface area contributed by atoms with Crippen LogP contribution in [0.2, 0.25) is 0 Å². The van der Waals surface area contributed by atoms with Crippen LogP contribution in [0.4, 0.5) is 24.7 Å². The Balaban J connectivity index is 1.60. The lowest BCUT2D eigenvalue weighted by atomic mass is 9.89. The summed E-state index contributed by atoms with van der Waals surface area (Å²) >= 11 is 0. The van der Waals surface area contributed by atoms with Crippen LogP contribution in [0.5, 0.6) is 5.75 Å². The average Bonchev–Trinajstić information content (AvgIpc) is 3.28. The molecule has 13 heteroatoms. The van der Waals surface area contributed by atoms with E-state index in [9.17, 15) is 21.6 Å². The number of nitrogens with zero attached hydrogens (tertiary/aromatic N) is 4. The molecule has 2 aromatic heterocycles. The van der Waals surface area contributed by atoms with E-state index in [1.807, 2.05) is 11.8 Å². The Morgan fingerprint density at radius 1 is 1.10 bits per heavy atom. The van der Waals surface area contributed by atoms with Crippen molar-refractivity contribution < 1.29 is 26.3 Å². The number of anilines is 2. The van der Waals surface area contributed by atoms with Crippen LogP contribution in [0.3, 0.4) is 0 Å². The maximum absolute atomic E-state index is 13.5. The molecule has 0 radical (unpaired) electrons. The SMILES string of the molecule is CC(Oc1cc(-c2nn(C)c3c(C4CCN(C)CC4)cnc(N)c23)ccc1NS(=O)(=O)C(F)F)c1ccc(F)cc1. The number of pyridine rings is 1. The molecular formula is C28H31F3N6O3S. The molecule has 4 aromatic rings. The smallest absolute Gasteiger partial charge is 0.355 e. The number of aryl methyl sites for hydroxylation is 1. The van der Waals surface area contributed by atoms with Crippen molar-refractivity contribution in [3.05, 3.63) is 65.6 Å². The molecule has 41 heavy (non-hydrogen) atoms. The van der Waals surface area contributed by atoms with E-state index < -0.39 is 27.7 Å². The number of aromatic nitrogens is 3. The van der Waals surface area contributed by atoms with Crippen molar-refractivity contribution >= 4 is 32.4 Å². The summed E-state index contributed by atoms with van der Waals surface area (Å²) in [6.45, 7) is 3.60. The minimum absolute atomic E-state index is 0.0136. The number of piperidine rings is 1. The number of fused-ring (bicyclic) bond motifs is 1. The summed E-state index contributed by atoms with van der Waals surface area (Å²) in [6, 6.07) is 10.0. The monoisotopic (exact) mass is 588 g/mol. The first-order valence-electron chi connectivity index (χ1n) is 13.1. The number of nitrogen functional groups attached to an aromatic ring is 1. The molecule has 1 unspecified atom stereocenters. The van der Waals surface area contributed by atoms with Crippen LogP contribution in [-0.4, -0.2) is 54.0 Å². The molecule has 0 spiro atoms. The number of rotatable bonds is 8. The zero-order chi connectivity index (χ0) is 29.5. The van der Waals surface area contributed by atoms with Crippen LogP contribution >= 0.6 is 0 Å². The summed E-state index contributed by atoms with van der Waals surface area (Å²) in [5.74, 6) is -3.52. The van der Waals surface area contributed by atoms with Gasteiger partial charge in [-0.15, -0.1) is 0 Å². The molecule has 1 aliphatic rings. The number of benzene rings is 2. The molecule has 1 atom stereocenters. The Labute approximate surface area is 236 Å². The maximum atomic E-state index is 13.5. The number of sulfonamides is 1. The van der Waals surface area contributed by atoms with Gasteiger partial charge in [0.05, 0.1) is 16.6 Å². The first-order valence-corrected chi connectivity index (χ1v) is 14.6. The van der Waals surface area contributed by atoms with E-state index in [0.29, 0.717) is 22.2 Å². The molecule has 1 fully saturated rings. The molecule has 9 nitrogen and oxygen atoms in total. The summed E-state index contributed by atoms with van der Waals surface area (Å²) in [5, 5.41) is 5.38. The molecule has 0 bridgehead atoms. The molecule has 3 heterocycles. The molecule has 0 saturated carbocycles. The molecule has 2 aromatic carbocycles. The van der Waals surface area contributed by atoms with Crippen LogP contribution in [0, 0.1) is 5.82 Å². The number of nitrogens with two attached hydrogens (primary N) is 1. The molecule has 0 amide bonds. The van der Waals surface area contributed by atoms with Gasteiger partial charge < -0.3 is 15.4 Å². The number of hydrogen-bond acceptors (Lipinski definition) is 7. The standard InChI is InChI=1S/C28H31F3N6O3S/c1-16(17-4-7-20(29)8-5-17)40-23-14-19(6-9-22(23)35-41(38,39)28(30)31)25-24-26(37(3)34-25)21(15-33-27(24)32)18-10-12-36(2)13-11-18/h4-9,14-16,18,28,35H,10-13H2,1-3H3,(H2,32,33). The van der Waals surface area contributed by atoms with E-state index in [2.05, 4.69) is 16.9 Å². The fraction of sp³-hybridized carbons (Fsp3) is 0.357. The van der Waals surface area contributed by atoms with Gasteiger partial charge in [0.25, 0.3) is 10.0 Å². The Bertz CT molecular complexity index is 1670. The number of alkyl halides is 2. The van der Waals surface area contributed by atoms with Gasteiger partial charge in [0, 0.05) is 18.8 Å². The highest BCUT2D eigenvalue weighted by Crippen LogP contribution is 2.41. The topological polar surface area (TPSA) is 115 Å². The minimum atomic E-state index is -4.98. The summed E-state index contributed by atoms with van der Waals surface area (Å²) in [5.41, 5.74) is 9.70. The minimum Gasteiger partial charge on any atom is -0.484 e. The molecular weight excluding hydrogens is 557 g/mol. The van der Waals surface area contributed by atoms with Crippen LogP contribution in [-0.2, 0) is 17.1 Å².